The number of rotatable bonds is 6. The van der Waals surface area contributed by atoms with Gasteiger partial charge in [-0.1, -0.05) is 6.07 Å². The van der Waals surface area contributed by atoms with Crippen molar-refractivity contribution in [2.75, 3.05) is 11.9 Å². The van der Waals surface area contributed by atoms with Crippen LogP contribution in [0, 0.1) is 0 Å². The van der Waals surface area contributed by atoms with Crippen LogP contribution < -0.4 is 5.32 Å². The second kappa shape index (κ2) is 6.32. The highest BCUT2D eigenvalue weighted by atomic mass is 32.2. The molecule has 1 aromatic carbocycles. The molecule has 0 aliphatic carbocycles. The largest absolute Gasteiger partial charge is 0.385 e. The maximum absolute atomic E-state index is 12.4. The van der Waals surface area contributed by atoms with E-state index in [2.05, 4.69) is 5.32 Å². The van der Waals surface area contributed by atoms with Gasteiger partial charge in [0.2, 0.25) is 9.84 Å². The van der Waals surface area contributed by atoms with Gasteiger partial charge >= 0.3 is 5.76 Å². The molecule has 0 unspecified atom stereocenters. The first-order valence-electron chi connectivity index (χ1n) is 5.88. The molecule has 0 bridgehead atoms. The molecule has 1 N–H and O–H groups in total. The molecule has 0 radical (unpaired) electrons. The molecule has 2 aromatic rings. The lowest BCUT2D eigenvalue weighted by atomic mass is 10.3. The molecule has 0 fully saturated rings. The summed E-state index contributed by atoms with van der Waals surface area (Å²) in [5.41, 5.74) is 0.703. The average Bonchev–Trinajstić information content (AvgIpc) is 2.92. The standard InChI is InChI=1S/C13H13F2NO2S2/c14-13(15)20(17,18)12-5-3-10(4-6-12)16-8-7-11-2-1-9-19-11/h1-6,9,13,16H,7-8H2. The topological polar surface area (TPSA) is 46.2 Å². The van der Waals surface area contributed by atoms with Gasteiger partial charge in [-0.05, 0) is 42.1 Å². The van der Waals surface area contributed by atoms with E-state index < -0.39 is 15.6 Å². The third kappa shape index (κ3) is 3.55. The SMILES string of the molecule is O=S(=O)(c1ccc(NCCc2cccs2)cc1)C(F)F. The van der Waals surface area contributed by atoms with Crippen molar-refractivity contribution in [3.8, 4) is 0 Å². The summed E-state index contributed by atoms with van der Waals surface area (Å²) in [5.74, 6) is -3.39. The summed E-state index contributed by atoms with van der Waals surface area (Å²) in [5, 5.41) is 5.11. The maximum Gasteiger partial charge on any atom is 0.341 e. The molecule has 0 saturated heterocycles. The van der Waals surface area contributed by atoms with Crippen LogP contribution in [0.1, 0.15) is 4.88 Å². The second-order valence-electron chi connectivity index (χ2n) is 4.09. The molecule has 7 heteroatoms. The summed E-state index contributed by atoms with van der Waals surface area (Å²) in [4.78, 5) is 0.880. The van der Waals surface area contributed by atoms with Gasteiger partial charge in [-0.3, -0.25) is 0 Å². The first-order valence-corrected chi connectivity index (χ1v) is 8.31. The van der Waals surface area contributed by atoms with Crippen LogP contribution in [0.5, 0.6) is 0 Å². The molecule has 1 heterocycles. The number of sulfone groups is 1. The number of anilines is 1. The van der Waals surface area contributed by atoms with Crippen molar-refractivity contribution in [1.29, 1.82) is 0 Å². The van der Waals surface area contributed by atoms with Crippen LogP contribution in [0.25, 0.3) is 0 Å². The first-order chi connectivity index (χ1) is 9.50. The number of hydrogen-bond donors (Lipinski definition) is 1. The lowest BCUT2D eigenvalue weighted by Crippen LogP contribution is -2.11. The Morgan fingerprint density at radius 2 is 1.85 bits per heavy atom. The summed E-state index contributed by atoms with van der Waals surface area (Å²) in [6.07, 6.45) is 0.856. The van der Waals surface area contributed by atoms with Crippen molar-refractivity contribution < 1.29 is 17.2 Å². The zero-order chi connectivity index (χ0) is 14.6. The van der Waals surface area contributed by atoms with Crippen LogP contribution in [0.15, 0.2) is 46.7 Å². The Labute approximate surface area is 120 Å². The van der Waals surface area contributed by atoms with E-state index in [1.165, 1.54) is 29.1 Å². The first kappa shape index (κ1) is 14.9. The Morgan fingerprint density at radius 1 is 1.15 bits per heavy atom. The summed E-state index contributed by atoms with van der Waals surface area (Å²) < 4.78 is 47.2. The van der Waals surface area contributed by atoms with Crippen molar-refractivity contribution in [1.82, 2.24) is 0 Å². The van der Waals surface area contributed by atoms with Crippen molar-refractivity contribution in [3.63, 3.8) is 0 Å². The van der Waals surface area contributed by atoms with Crippen LogP contribution in [0.3, 0.4) is 0 Å². The van der Waals surface area contributed by atoms with Crippen molar-refractivity contribution in [2.24, 2.45) is 0 Å². The molecule has 0 spiro atoms. The van der Waals surface area contributed by atoms with Crippen LogP contribution in [0.4, 0.5) is 14.5 Å². The Kier molecular flexibility index (Phi) is 4.72. The second-order valence-corrected chi connectivity index (χ2v) is 7.04. The molecule has 0 aliphatic heterocycles. The van der Waals surface area contributed by atoms with Gasteiger partial charge in [-0.25, -0.2) is 8.42 Å². The van der Waals surface area contributed by atoms with Crippen molar-refractivity contribution in [3.05, 3.63) is 46.7 Å². The number of halogens is 2. The third-order valence-corrected chi connectivity index (χ3v) is 5.03. The molecule has 20 heavy (non-hydrogen) atoms. The van der Waals surface area contributed by atoms with Gasteiger partial charge in [0.25, 0.3) is 0 Å². The monoisotopic (exact) mass is 317 g/mol. The molecular formula is C13H13F2NO2S2. The zero-order valence-electron chi connectivity index (χ0n) is 10.4. The zero-order valence-corrected chi connectivity index (χ0v) is 12.1. The number of thiophene rings is 1. The van der Waals surface area contributed by atoms with Gasteiger partial charge < -0.3 is 5.32 Å². The number of nitrogens with one attached hydrogen (secondary N) is 1. The van der Waals surface area contributed by atoms with E-state index >= 15 is 0 Å². The van der Waals surface area contributed by atoms with E-state index in [1.807, 2.05) is 17.5 Å². The van der Waals surface area contributed by atoms with Crippen molar-refractivity contribution >= 4 is 26.9 Å². The quantitative estimate of drug-likeness (QED) is 0.888. The third-order valence-electron chi connectivity index (χ3n) is 2.70. The van der Waals surface area contributed by atoms with Gasteiger partial charge in [0.15, 0.2) is 0 Å². The highest BCUT2D eigenvalue weighted by molar-refractivity contribution is 7.91. The maximum atomic E-state index is 12.4. The highest BCUT2D eigenvalue weighted by Gasteiger charge is 2.26. The van der Waals surface area contributed by atoms with E-state index in [9.17, 15) is 17.2 Å². The highest BCUT2D eigenvalue weighted by Crippen LogP contribution is 2.20. The predicted octanol–water partition coefficient (Wildman–Crippen LogP) is 3.40. The molecule has 2 rings (SSSR count). The molecule has 1 aromatic heterocycles. The van der Waals surface area contributed by atoms with Crippen LogP contribution in [-0.4, -0.2) is 20.7 Å². The summed E-state index contributed by atoms with van der Waals surface area (Å²) in [6.45, 7) is 0.696. The Bertz CT molecular complexity index is 638. The van der Waals surface area contributed by atoms with Crippen LogP contribution in [-0.2, 0) is 16.3 Å². The minimum atomic E-state index is -4.51. The van der Waals surface area contributed by atoms with Gasteiger partial charge in [-0.2, -0.15) is 8.78 Å². The molecule has 0 amide bonds. The van der Waals surface area contributed by atoms with Crippen molar-refractivity contribution in [2.45, 2.75) is 17.1 Å². The molecular weight excluding hydrogens is 304 g/mol. The fraction of sp³-hybridized carbons (Fsp3) is 0.231. The number of benzene rings is 1. The van der Waals surface area contributed by atoms with E-state index in [4.69, 9.17) is 0 Å². The predicted molar refractivity (Wildman–Crippen MR) is 76.1 cm³/mol. The fourth-order valence-corrected chi connectivity index (χ4v) is 3.08. The van der Waals surface area contributed by atoms with E-state index in [-0.39, 0.29) is 4.90 Å². The normalized spacial score (nSPS) is 11.8. The smallest absolute Gasteiger partial charge is 0.341 e. The van der Waals surface area contributed by atoms with Gasteiger partial charge in [0, 0.05) is 17.1 Å². The minimum absolute atomic E-state index is 0.365. The lowest BCUT2D eigenvalue weighted by Gasteiger charge is -2.07. The molecule has 108 valence electrons. The summed E-state index contributed by atoms with van der Waals surface area (Å²) in [6, 6.07) is 9.37. The summed E-state index contributed by atoms with van der Waals surface area (Å²) in [7, 11) is -4.51. The number of alkyl halides is 2. The Balaban J connectivity index is 1.95. The molecule has 3 nitrogen and oxygen atoms in total. The lowest BCUT2D eigenvalue weighted by molar-refractivity contribution is 0.234. The molecule has 0 aliphatic rings. The fourth-order valence-electron chi connectivity index (χ4n) is 1.65. The average molecular weight is 317 g/mol. The van der Waals surface area contributed by atoms with Gasteiger partial charge in [0.05, 0.1) is 4.90 Å². The van der Waals surface area contributed by atoms with Gasteiger partial charge in [0.1, 0.15) is 0 Å². The van der Waals surface area contributed by atoms with Crippen LogP contribution in [0.2, 0.25) is 0 Å². The molecule has 0 atom stereocenters. The summed E-state index contributed by atoms with van der Waals surface area (Å²) >= 11 is 1.66. The van der Waals surface area contributed by atoms with E-state index in [0.717, 1.165) is 6.42 Å². The van der Waals surface area contributed by atoms with E-state index in [1.54, 1.807) is 11.3 Å². The minimum Gasteiger partial charge on any atom is -0.385 e. The Morgan fingerprint density at radius 3 is 2.40 bits per heavy atom. The van der Waals surface area contributed by atoms with Gasteiger partial charge in [-0.15, -0.1) is 11.3 Å². The number of hydrogen-bond acceptors (Lipinski definition) is 4. The Hall–Kier alpha value is -1.47. The van der Waals surface area contributed by atoms with Crippen LogP contribution >= 0.6 is 11.3 Å². The molecule has 0 saturated carbocycles. The van der Waals surface area contributed by atoms with E-state index in [0.29, 0.717) is 12.2 Å².